The topological polar surface area (TPSA) is 58.2 Å². The Balaban J connectivity index is 1.82. The molecule has 190 valence electrons. The average Bonchev–Trinajstić information content (AvgIpc) is 3.30. The molecule has 4 nitrogen and oxygen atoms in total. The van der Waals surface area contributed by atoms with Crippen molar-refractivity contribution >= 4 is 52.3 Å². The van der Waals surface area contributed by atoms with Crippen molar-refractivity contribution in [1.29, 1.82) is 0 Å². The lowest BCUT2D eigenvalue weighted by Crippen LogP contribution is -2.33. The molecule has 0 heterocycles. The standard InChI is InChI=1S/C21H14Cl3F7N2O2/c1-8-4-9(5-12(16(8)25)21(29,30)31)14-15(20(14,23)24)18(35)33-10-2-3-13(22)11(6-10)17(34)32-7-19(26,27)28/h2-6,14-15H,7H2,1H3,(H,32,34)(H,33,35)/t14-,15+/m0/s1. The van der Waals surface area contributed by atoms with E-state index in [2.05, 4.69) is 5.32 Å². The molecule has 0 aliphatic heterocycles. The predicted octanol–water partition coefficient (Wildman–Crippen LogP) is 6.62. The molecule has 2 aromatic rings. The van der Waals surface area contributed by atoms with E-state index in [0.717, 1.165) is 25.1 Å². The maximum atomic E-state index is 14.0. The fourth-order valence-corrected chi connectivity index (χ4v) is 4.56. The van der Waals surface area contributed by atoms with E-state index in [1.54, 1.807) is 5.32 Å². The number of hydrogen-bond donors (Lipinski definition) is 2. The second kappa shape index (κ2) is 9.33. The first kappa shape index (κ1) is 27.3. The minimum Gasteiger partial charge on any atom is -0.343 e. The molecule has 2 aromatic carbocycles. The van der Waals surface area contributed by atoms with Crippen LogP contribution in [0.25, 0.3) is 0 Å². The van der Waals surface area contributed by atoms with Gasteiger partial charge >= 0.3 is 12.4 Å². The van der Waals surface area contributed by atoms with Gasteiger partial charge in [-0.3, -0.25) is 9.59 Å². The van der Waals surface area contributed by atoms with Crippen LogP contribution in [0, 0.1) is 18.7 Å². The summed E-state index contributed by atoms with van der Waals surface area (Å²) < 4.78 is 88.8. The second-order valence-electron chi connectivity index (χ2n) is 7.81. The summed E-state index contributed by atoms with van der Waals surface area (Å²) in [6.07, 6.45) is -9.66. The summed E-state index contributed by atoms with van der Waals surface area (Å²) in [5, 5.41) is 3.80. The third kappa shape index (κ3) is 5.95. The van der Waals surface area contributed by atoms with Gasteiger partial charge in [0.1, 0.15) is 16.7 Å². The van der Waals surface area contributed by atoms with Crippen LogP contribution in [0.5, 0.6) is 0 Å². The Labute approximate surface area is 208 Å². The SMILES string of the molecule is Cc1cc([C@H]2[C@H](C(=O)Nc3ccc(Cl)c(C(=O)NCC(F)(F)F)c3)C2(Cl)Cl)cc(C(F)(F)F)c1F. The van der Waals surface area contributed by atoms with Crippen molar-refractivity contribution in [3.05, 3.63) is 63.4 Å². The minimum atomic E-state index is -4.99. The minimum absolute atomic E-state index is 0.0578. The van der Waals surface area contributed by atoms with Crippen molar-refractivity contribution in [2.75, 3.05) is 11.9 Å². The van der Waals surface area contributed by atoms with E-state index in [0.29, 0.717) is 6.07 Å². The first-order valence-electron chi connectivity index (χ1n) is 9.64. The van der Waals surface area contributed by atoms with Crippen LogP contribution in [0.15, 0.2) is 30.3 Å². The van der Waals surface area contributed by atoms with Gasteiger partial charge in [-0.15, -0.1) is 23.2 Å². The molecule has 0 unspecified atom stereocenters. The smallest absolute Gasteiger partial charge is 0.343 e. The first-order chi connectivity index (χ1) is 15.9. The van der Waals surface area contributed by atoms with Crippen molar-refractivity contribution in [1.82, 2.24) is 5.32 Å². The maximum absolute atomic E-state index is 14.0. The second-order valence-corrected chi connectivity index (χ2v) is 9.66. The summed E-state index contributed by atoms with van der Waals surface area (Å²) in [6, 6.07) is 5.04. The third-order valence-electron chi connectivity index (χ3n) is 5.21. The highest BCUT2D eigenvalue weighted by atomic mass is 35.5. The highest BCUT2D eigenvalue weighted by Gasteiger charge is 2.68. The molecule has 0 bridgehead atoms. The van der Waals surface area contributed by atoms with Gasteiger partial charge in [0.05, 0.1) is 22.1 Å². The number of aryl methyl sites for hydroxylation is 1. The molecule has 14 heteroatoms. The molecule has 0 aromatic heterocycles. The summed E-state index contributed by atoms with van der Waals surface area (Å²) in [6.45, 7) is -0.491. The van der Waals surface area contributed by atoms with Crippen LogP contribution in [-0.2, 0) is 11.0 Å². The Morgan fingerprint density at radius 1 is 1.06 bits per heavy atom. The van der Waals surface area contributed by atoms with Crippen LogP contribution < -0.4 is 10.6 Å². The molecule has 0 radical (unpaired) electrons. The van der Waals surface area contributed by atoms with Crippen molar-refractivity contribution in [3.63, 3.8) is 0 Å². The van der Waals surface area contributed by atoms with E-state index in [1.807, 2.05) is 0 Å². The Hall–Kier alpha value is -2.24. The van der Waals surface area contributed by atoms with Crippen molar-refractivity contribution in [3.8, 4) is 0 Å². The van der Waals surface area contributed by atoms with Crippen LogP contribution in [-0.4, -0.2) is 28.9 Å². The summed E-state index contributed by atoms with van der Waals surface area (Å²) in [4.78, 5) is 24.8. The van der Waals surface area contributed by atoms with Crippen LogP contribution in [0.3, 0.4) is 0 Å². The monoisotopic (exact) mass is 564 g/mol. The van der Waals surface area contributed by atoms with Gasteiger partial charge in [0, 0.05) is 11.6 Å². The summed E-state index contributed by atoms with van der Waals surface area (Å²) in [5.41, 5.74) is -2.39. The molecule has 2 N–H and O–H groups in total. The first-order valence-corrected chi connectivity index (χ1v) is 10.8. The van der Waals surface area contributed by atoms with E-state index in [1.165, 1.54) is 6.07 Å². The van der Waals surface area contributed by atoms with Gasteiger partial charge in [0.2, 0.25) is 5.91 Å². The molecule has 1 fully saturated rings. The zero-order valence-electron chi connectivity index (χ0n) is 17.3. The van der Waals surface area contributed by atoms with Gasteiger partial charge in [-0.05, 0) is 42.3 Å². The van der Waals surface area contributed by atoms with E-state index in [-0.39, 0.29) is 27.4 Å². The molecule has 0 saturated heterocycles. The molecule has 2 atom stereocenters. The largest absolute Gasteiger partial charge is 0.419 e. The van der Waals surface area contributed by atoms with E-state index < -0.39 is 58.3 Å². The predicted molar refractivity (Wildman–Crippen MR) is 115 cm³/mol. The number of carbonyl (C=O) groups excluding carboxylic acids is 2. The molecule has 2 amide bonds. The summed E-state index contributed by atoms with van der Waals surface area (Å²) in [5.74, 6) is -5.84. The number of anilines is 1. The lowest BCUT2D eigenvalue weighted by Gasteiger charge is -2.13. The van der Waals surface area contributed by atoms with Gasteiger partial charge in [0.15, 0.2) is 0 Å². The summed E-state index contributed by atoms with van der Waals surface area (Å²) >= 11 is 18.2. The normalized spacial score (nSPS) is 19.3. The van der Waals surface area contributed by atoms with Crippen LogP contribution in [0.1, 0.15) is 33.0 Å². The van der Waals surface area contributed by atoms with Gasteiger partial charge in [-0.25, -0.2) is 4.39 Å². The quantitative estimate of drug-likeness (QED) is 0.316. The number of hydrogen-bond acceptors (Lipinski definition) is 2. The Kier molecular flexibility index (Phi) is 7.29. The van der Waals surface area contributed by atoms with Gasteiger partial charge in [0.25, 0.3) is 5.91 Å². The zero-order chi connectivity index (χ0) is 26.5. The van der Waals surface area contributed by atoms with Gasteiger partial charge < -0.3 is 10.6 Å². The van der Waals surface area contributed by atoms with Crippen molar-refractivity contribution < 1.29 is 40.3 Å². The number of halogens is 10. The van der Waals surface area contributed by atoms with Crippen molar-refractivity contribution in [2.24, 2.45) is 5.92 Å². The Morgan fingerprint density at radius 3 is 2.26 bits per heavy atom. The molecule has 35 heavy (non-hydrogen) atoms. The third-order valence-corrected chi connectivity index (χ3v) is 6.48. The van der Waals surface area contributed by atoms with E-state index >= 15 is 0 Å². The molecule has 1 aliphatic rings. The number of carbonyl (C=O) groups is 2. The fraction of sp³-hybridized carbons (Fsp3) is 0.333. The van der Waals surface area contributed by atoms with Crippen LogP contribution in [0.4, 0.5) is 36.4 Å². The molecule has 1 aliphatic carbocycles. The molecule has 1 saturated carbocycles. The molecule has 3 rings (SSSR count). The highest BCUT2D eigenvalue weighted by molar-refractivity contribution is 6.53. The summed E-state index contributed by atoms with van der Waals surface area (Å²) in [7, 11) is 0. The zero-order valence-corrected chi connectivity index (χ0v) is 19.6. The van der Waals surface area contributed by atoms with Crippen molar-refractivity contribution in [2.45, 2.75) is 29.5 Å². The number of rotatable bonds is 5. The number of amides is 2. The van der Waals surface area contributed by atoms with Crippen LogP contribution in [0.2, 0.25) is 5.02 Å². The van der Waals surface area contributed by atoms with E-state index in [4.69, 9.17) is 34.8 Å². The number of nitrogens with one attached hydrogen (secondary N) is 2. The lowest BCUT2D eigenvalue weighted by molar-refractivity contribution is -0.140. The van der Waals surface area contributed by atoms with Gasteiger partial charge in [-0.1, -0.05) is 17.7 Å². The lowest BCUT2D eigenvalue weighted by atomic mass is 10.0. The number of alkyl halides is 8. The molecular formula is C21H14Cl3F7N2O2. The molecular weight excluding hydrogens is 552 g/mol. The Bertz CT molecular complexity index is 1180. The highest BCUT2D eigenvalue weighted by Crippen LogP contribution is 2.65. The van der Waals surface area contributed by atoms with E-state index in [9.17, 15) is 40.3 Å². The Morgan fingerprint density at radius 2 is 1.69 bits per heavy atom. The van der Waals surface area contributed by atoms with Crippen LogP contribution >= 0.6 is 34.8 Å². The fourth-order valence-electron chi connectivity index (χ4n) is 3.52. The average molecular weight is 566 g/mol. The molecule has 0 spiro atoms. The maximum Gasteiger partial charge on any atom is 0.419 e. The van der Waals surface area contributed by atoms with Gasteiger partial charge in [-0.2, -0.15) is 26.3 Å². The number of benzene rings is 2.